The highest BCUT2D eigenvalue weighted by Crippen LogP contribution is 2.33. The molecular weight excluding hydrogens is 410 g/mol. The molecule has 1 aliphatic rings. The Morgan fingerprint density at radius 2 is 1.90 bits per heavy atom. The number of benzene rings is 2. The van der Waals surface area contributed by atoms with Gasteiger partial charge in [-0.05, 0) is 44.0 Å². The molecule has 2 heterocycles. The van der Waals surface area contributed by atoms with Gasteiger partial charge in [0, 0.05) is 19.2 Å². The maximum atomic E-state index is 13.6. The van der Waals surface area contributed by atoms with Crippen LogP contribution in [0, 0.1) is 10.1 Å². The number of carbonyl (C=O) groups is 1. The molecule has 0 radical (unpaired) electrons. The number of anilines is 1. The molecule has 0 bridgehead atoms. The summed E-state index contributed by atoms with van der Waals surface area (Å²) >= 11 is 0. The first-order valence-corrected chi connectivity index (χ1v) is 9.86. The molecule has 1 unspecified atom stereocenters. The SMILES string of the molecule is CC(OC(=O)c1ccc(N2CCCC2)c([N+](=O)[O-])c1)c1nc2ccccc2n1C(F)F. The minimum Gasteiger partial charge on any atom is -0.451 e. The lowest BCUT2D eigenvalue weighted by Crippen LogP contribution is -2.19. The quantitative estimate of drug-likeness (QED) is 0.315. The number of ether oxygens (including phenoxy) is 1. The van der Waals surface area contributed by atoms with Crippen LogP contribution < -0.4 is 4.90 Å². The zero-order valence-corrected chi connectivity index (χ0v) is 16.7. The summed E-state index contributed by atoms with van der Waals surface area (Å²) in [4.78, 5) is 29.7. The van der Waals surface area contributed by atoms with Gasteiger partial charge in [-0.3, -0.25) is 14.7 Å². The fraction of sp³-hybridized carbons (Fsp3) is 0.333. The van der Waals surface area contributed by atoms with Crippen molar-refractivity contribution in [3.63, 3.8) is 0 Å². The molecule has 1 saturated heterocycles. The Morgan fingerprint density at radius 3 is 2.58 bits per heavy atom. The van der Waals surface area contributed by atoms with Crippen LogP contribution in [0.15, 0.2) is 42.5 Å². The first kappa shape index (κ1) is 20.7. The number of esters is 1. The van der Waals surface area contributed by atoms with Gasteiger partial charge in [0.05, 0.1) is 21.5 Å². The average molecular weight is 430 g/mol. The highest BCUT2D eigenvalue weighted by Gasteiger charge is 2.27. The molecule has 3 aromatic rings. The maximum Gasteiger partial charge on any atom is 0.339 e. The van der Waals surface area contributed by atoms with Crippen molar-refractivity contribution in [2.45, 2.75) is 32.4 Å². The highest BCUT2D eigenvalue weighted by atomic mass is 19.3. The summed E-state index contributed by atoms with van der Waals surface area (Å²) in [6.07, 6.45) is 0.805. The second kappa shape index (κ2) is 8.29. The number of hydrogen-bond acceptors (Lipinski definition) is 6. The van der Waals surface area contributed by atoms with E-state index in [1.54, 1.807) is 18.2 Å². The van der Waals surface area contributed by atoms with Crippen molar-refractivity contribution < 1.29 is 23.2 Å². The molecule has 31 heavy (non-hydrogen) atoms. The van der Waals surface area contributed by atoms with E-state index in [4.69, 9.17) is 4.74 Å². The van der Waals surface area contributed by atoms with E-state index in [9.17, 15) is 23.7 Å². The van der Waals surface area contributed by atoms with Crippen LogP contribution >= 0.6 is 0 Å². The Labute approximate surface area is 176 Å². The van der Waals surface area contributed by atoms with Crippen LogP contribution in [0.1, 0.15) is 48.6 Å². The molecule has 162 valence electrons. The number of alkyl halides is 2. The predicted octanol–water partition coefficient (Wildman–Crippen LogP) is 4.86. The van der Waals surface area contributed by atoms with E-state index < -0.39 is 23.5 Å². The monoisotopic (exact) mass is 430 g/mol. The van der Waals surface area contributed by atoms with Crippen LogP contribution in [0.4, 0.5) is 20.2 Å². The number of carbonyl (C=O) groups excluding carboxylic acids is 1. The minimum atomic E-state index is -2.87. The molecule has 8 nitrogen and oxygen atoms in total. The lowest BCUT2D eigenvalue weighted by atomic mass is 10.1. The standard InChI is InChI=1S/C21H20F2N4O4/c1-13(19-24-15-6-2-3-7-16(15)26(19)21(22)23)31-20(28)14-8-9-17(18(12-14)27(29)30)25-10-4-5-11-25/h2-3,6-9,12-13,21H,4-5,10-11H2,1H3. The number of fused-ring (bicyclic) bond motifs is 1. The van der Waals surface area contributed by atoms with E-state index in [1.165, 1.54) is 31.2 Å². The Bertz CT molecular complexity index is 1140. The minimum absolute atomic E-state index is 0.0267. The molecule has 0 aliphatic carbocycles. The number of imidazole rings is 1. The average Bonchev–Trinajstić information content (AvgIpc) is 3.41. The molecule has 2 aromatic carbocycles. The number of hydrogen-bond donors (Lipinski definition) is 0. The van der Waals surface area contributed by atoms with E-state index in [1.807, 2.05) is 4.90 Å². The normalized spacial score (nSPS) is 14.9. The first-order chi connectivity index (χ1) is 14.9. The third kappa shape index (κ3) is 3.92. The third-order valence-electron chi connectivity index (χ3n) is 5.32. The van der Waals surface area contributed by atoms with Gasteiger partial charge in [-0.25, -0.2) is 9.78 Å². The molecule has 1 atom stereocenters. The molecule has 1 aromatic heterocycles. The van der Waals surface area contributed by atoms with Crippen molar-refractivity contribution in [3.05, 3.63) is 64.0 Å². The Morgan fingerprint density at radius 1 is 1.19 bits per heavy atom. The van der Waals surface area contributed by atoms with Gasteiger partial charge in [0.15, 0.2) is 11.9 Å². The van der Waals surface area contributed by atoms with Gasteiger partial charge >= 0.3 is 12.5 Å². The van der Waals surface area contributed by atoms with Crippen LogP contribution in [0.25, 0.3) is 11.0 Å². The van der Waals surface area contributed by atoms with Crippen molar-refractivity contribution in [2.75, 3.05) is 18.0 Å². The van der Waals surface area contributed by atoms with Gasteiger partial charge in [0.25, 0.3) is 5.69 Å². The number of nitro groups is 1. The Hall–Kier alpha value is -3.56. The van der Waals surface area contributed by atoms with Crippen molar-refractivity contribution in [1.29, 1.82) is 0 Å². The van der Waals surface area contributed by atoms with Crippen LogP contribution in [-0.2, 0) is 4.74 Å². The zero-order valence-electron chi connectivity index (χ0n) is 16.7. The molecule has 0 spiro atoms. The number of nitro benzene ring substituents is 1. The number of rotatable bonds is 6. The van der Waals surface area contributed by atoms with Crippen molar-refractivity contribution in [1.82, 2.24) is 9.55 Å². The van der Waals surface area contributed by atoms with Crippen LogP contribution in [0.5, 0.6) is 0 Å². The van der Waals surface area contributed by atoms with Crippen LogP contribution in [0.2, 0.25) is 0 Å². The van der Waals surface area contributed by atoms with Gasteiger partial charge in [-0.2, -0.15) is 8.78 Å². The van der Waals surface area contributed by atoms with Gasteiger partial charge in [-0.1, -0.05) is 12.1 Å². The summed E-state index contributed by atoms with van der Waals surface area (Å²) in [6, 6.07) is 10.5. The summed E-state index contributed by atoms with van der Waals surface area (Å²) in [5.74, 6) is -0.954. The fourth-order valence-electron chi connectivity index (χ4n) is 3.86. The summed E-state index contributed by atoms with van der Waals surface area (Å²) in [5.41, 5.74) is 0.809. The summed E-state index contributed by atoms with van der Waals surface area (Å²) in [7, 11) is 0. The van der Waals surface area contributed by atoms with Crippen LogP contribution in [-0.4, -0.2) is 33.5 Å². The number of para-hydroxylation sites is 2. The van der Waals surface area contributed by atoms with E-state index >= 15 is 0 Å². The second-order valence-electron chi connectivity index (χ2n) is 7.31. The molecular formula is C21H20F2N4O4. The molecule has 4 rings (SSSR count). The van der Waals surface area contributed by atoms with E-state index in [-0.39, 0.29) is 22.6 Å². The van der Waals surface area contributed by atoms with Gasteiger partial charge in [0.1, 0.15) is 5.69 Å². The lowest BCUT2D eigenvalue weighted by Gasteiger charge is -2.18. The predicted molar refractivity (Wildman–Crippen MR) is 109 cm³/mol. The van der Waals surface area contributed by atoms with E-state index in [2.05, 4.69) is 4.98 Å². The maximum absolute atomic E-state index is 13.6. The topological polar surface area (TPSA) is 90.5 Å². The summed E-state index contributed by atoms with van der Waals surface area (Å²) < 4.78 is 33.4. The second-order valence-corrected chi connectivity index (χ2v) is 7.31. The first-order valence-electron chi connectivity index (χ1n) is 9.86. The smallest absolute Gasteiger partial charge is 0.339 e. The van der Waals surface area contributed by atoms with Crippen molar-refractivity contribution >= 4 is 28.4 Å². The largest absolute Gasteiger partial charge is 0.451 e. The third-order valence-corrected chi connectivity index (χ3v) is 5.32. The summed E-state index contributed by atoms with van der Waals surface area (Å²) in [5, 5.41) is 11.5. The van der Waals surface area contributed by atoms with Gasteiger partial charge in [-0.15, -0.1) is 0 Å². The molecule has 0 N–H and O–H groups in total. The number of aromatic nitrogens is 2. The fourth-order valence-corrected chi connectivity index (χ4v) is 3.86. The molecule has 1 fully saturated rings. The van der Waals surface area contributed by atoms with Crippen molar-refractivity contribution in [2.24, 2.45) is 0 Å². The van der Waals surface area contributed by atoms with E-state index in [0.717, 1.165) is 12.8 Å². The summed E-state index contributed by atoms with van der Waals surface area (Å²) in [6.45, 7) is -0.00781. The highest BCUT2D eigenvalue weighted by molar-refractivity contribution is 5.91. The van der Waals surface area contributed by atoms with Gasteiger partial charge in [0.2, 0.25) is 0 Å². The molecule has 1 aliphatic heterocycles. The number of nitrogens with zero attached hydrogens (tertiary/aromatic N) is 4. The van der Waals surface area contributed by atoms with E-state index in [0.29, 0.717) is 28.9 Å². The van der Waals surface area contributed by atoms with Crippen molar-refractivity contribution in [3.8, 4) is 0 Å². The number of halogens is 2. The van der Waals surface area contributed by atoms with Gasteiger partial charge < -0.3 is 9.64 Å². The molecule has 0 amide bonds. The Balaban J connectivity index is 1.61. The molecule has 0 saturated carbocycles. The molecule has 10 heteroatoms. The van der Waals surface area contributed by atoms with Crippen LogP contribution in [0.3, 0.4) is 0 Å². The lowest BCUT2D eigenvalue weighted by molar-refractivity contribution is -0.384. The Kier molecular flexibility index (Phi) is 5.53. The zero-order chi connectivity index (χ0) is 22.1.